The molecule has 0 saturated carbocycles. The number of aliphatic carboxylic acids is 2. The molecule has 130 valence electrons. The first kappa shape index (κ1) is 21.5. The van der Waals surface area contributed by atoms with Crippen LogP contribution in [0, 0.1) is 0 Å². The first-order chi connectivity index (χ1) is 11.0. The van der Waals surface area contributed by atoms with Crippen molar-refractivity contribution in [2.75, 3.05) is 6.26 Å². The topological polar surface area (TPSA) is 94.8 Å². The summed E-state index contributed by atoms with van der Waals surface area (Å²) >= 11 is 1.52. The largest absolute Gasteiger partial charge is 0.481 e. The lowest BCUT2D eigenvalue weighted by Crippen LogP contribution is -2.21. The molecule has 5 nitrogen and oxygen atoms in total. The molecule has 0 aliphatic carbocycles. The standard InChI is InChI=1S/C17H26O5S/c1-23-15(14(18)10-9-13-17(21)22)11-7-5-3-2-4-6-8-12-16(19)20/h2-5,7,11,14-15,18H,6,8-10,12-13H2,1H3,(H,19,20)(H,21,22)/b4-2-,5-3+,11-7+/t14-,15+/m0/s1. The van der Waals surface area contributed by atoms with Gasteiger partial charge in [-0.1, -0.05) is 36.5 Å². The van der Waals surface area contributed by atoms with Crippen LogP contribution in [0.1, 0.15) is 38.5 Å². The van der Waals surface area contributed by atoms with E-state index in [0.29, 0.717) is 19.3 Å². The number of hydrogen-bond donors (Lipinski definition) is 3. The van der Waals surface area contributed by atoms with Crippen molar-refractivity contribution in [3.63, 3.8) is 0 Å². The van der Waals surface area contributed by atoms with E-state index in [1.165, 1.54) is 11.8 Å². The van der Waals surface area contributed by atoms with Crippen LogP contribution in [0.15, 0.2) is 36.5 Å². The van der Waals surface area contributed by atoms with Gasteiger partial charge in [0.1, 0.15) is 0 Å². The zero-order valence-electron chi connectivity index (χ0n) is 13.4. The van der Waals surface area contributed by atoms with E-state index in [4.69, 9.17) is 10.2 Å². The van der Waals surface area contributed by atoms with Gasteiger partial charge in [0.25, 0.3) is 0 Å². The van der Waals surface area contributed by atoms with Crippen molar-refractivity contribution in [1.82, 2.24) is 0 Å². The maximum absolute atomic E-state index is 10.4. The molecule has 0 aliphatic rings. The average molecular weight is 342 g/mol. The van der Waals surface area contributed by atoms with Crippen molar-refractivity contribution in [2.24, 2.45) is 0 Å². The molecule has 6 heteroatoms. The van der Waals surface area contributed by atoms with Crippen LogP contribution in [-0.2, 0) is 9.59 Å². The van der Waals surface area contributed by atoms with E-state index in [2.05, 4.69) is 0 Å². The normalized spacial score (nSPS) is 14.7. The van der Waals surface area contributed by atoms with Gasteiger partial charge >= 0.3 is 11.9 Å². The summed E-state index contributed by atoms with van der Waals surface area (Å²) in [4.78, 5) is 20.8. The first-order valence-corrected chi connectivity index (χ1v) is 8.90. The summed E-state index contributed by atoms with van der Waals surface area (Å²) in [6.45, 7) is 0. The fourth-order valence-corrected chi connectivity index (χ4v) is 2.54. The summed E-state index contributed by atoms with van der Waals surface area (Å²) in [7, 11) is 0. The van der Waals surface area contributed by atoms with Crippen molar-refractivity contribution >= 4 is 23.7 Å². The van der Waals surface area contributed by atoms with Crippen LogP contribution in [0.25, 0.3) is 0 Å². The minimum Gasteiger partial charge on any atom is -0.481 e. The van der Waals surface area contributed by atoms with Crippen LogP contribution < -0.4 is 0 Å². The van der Waals surface area contributed by atoms with Gasteiger partial charge in [-0.15, -0.1) is 0 Å². The van der Waals surface area contributed by atoms with Gasteiger partial charge in [-0.3, -0.25) is 9.59 Å². The molecule has 0 unspecified atom stereocenters. The maximum Gasteiger partial charge on any atom is 0.303 e. The number of carboxylic acids is 2. The molecule has 0 rings (SSSR count). The van der Waals surface area contributed by atoms with Crippen molar-refractivity contribution in [1.29, 1.82) is 0 Å². The Balaban J connectivity index is 4.03. The van der Waals surface area contributed by atoms with Crippen LogP contribution in [0.2, 0.25) is 0 Å². The van der Waals surface area contributed by atoms with E-state index in [9.17, 15) is 14.7 Å². The van der Waals surface area contributed by atoms with Crippen molar-refractivity contribution < 1.29 is 24.9 Å². The third kappa shape index (κ3) is 13.8. The number of rotatable bonds is 13. The number of carbonyl (C=O) groups is 2. The van der Waals surface area contributed by atoms with Crippen LogP contribution >= 0.6 is 11.8 Å². The summed E-state index contributed by atoms with van der Waals surface area (Å²) in [5.41, 5.74) is 0. The number of hydrogen-bond acceptors (Lipinski definition) is 4. The molecule has 0 aromatic rings. The quantitative estimate of drug-likeness (QED) is 0.351. The highest BCUT2D eigenvalue weighted by Crippen LogP contribution is 2.17. The molecule has 0 radical (unpaired) electrons. The predicted molar refractivity (Wildman–Crippen MR) is 93.7 cm³/mol. The van der Waals surface area contributed by atoms with Gasteiger partial charge in [-0.2, -0.15) is 11.8 Å². The van der Waals surface area contributed by atoms with E-state index in [-0.39, 0.29) is 18.1 Å². The molecule has 3 N–H and O–H groups in total. The smallest absolute Gasteiger partial charge is 0.303 e. The number of unbranched alkanes of at least 4 members (excludes halogenated alkanes) is 1. The van der Waals surface area contributed by atoms with E-state index < -0.39 is 18.0 Å². The van der Waals surface area contributed by atoms with Gasteiger partial charge in [0.15, 0.2) is 0 Å². The summed E-state index contributed by atoms with van der Waals surface area (Å²) in [5.74, 6) is -1.62. The fraction of sp³-hybridized carbons (Fsp3) is 0.529. The lowest BCUT2D eigenvalue weighted by Gasteiger charge is -2.17. The molecule has 0 heterocycles. The maximum atomic E-state index is 10.4. The van der Waals surface area contributed by atoms with E-state index in [1.807, 2.05) is 42.7 Å². The molecular weight excluding hydrogens is 316 g/mol. The summed E-state index contributed by atoms with van der Waals surface area (Å²) in [6.07, 6.45) is 15.1. The Labute approximate surface area is 141 Å². The van der Waals surface area contributed by atoms with Crippen molar-refractivity contribution in [2.45, 2.75) is 49.9 Å². The second-order valence-corrected chi connectivity index (χ2v) is 6.05. The van der Waals surface area contributed by atoms with E-state index in [0.717, 1.165) is 6.42 Å². The Bertz CT molecular complexity index is 429. The molecule has 0 aromatic heterocycles. The summed E-state index contributed by atoms with van der Waals surface area (Å²) in [5, 5.41) is 27.0. The van der Waals surface area contributed by atoms with Gasteiger partial charge in [0.05, 0.1) is 6.10 Å². The Kier molecular flexibility index (Phi) is 13.2. The Morgan fingerprint density at radius 2 is 1.61 bits per heavy atom. The SMILES string of the molecule is CS[C@H](/C=C/C=C/C=C\CCCC(=O)O)[C@@H](O)CCCC(=O)O. The molecular formula is C17H26O5S. The van der Waals surface area contributed by atoms with Gasteiger partial charge in [0, 0.05) is 18.1 Å². The highest BCUT2D eigenvalue weighted by Gasteiger charge is 2.14. The minimum absolute atomic E-state index is 0.0620. The Morgan fingerprint density at radius 1 is 1.00 bits per heavy atom. The highest BCUT2D eigenvalue weighted by molar-refractivity contribution is 7.99. The van der Waals surface area contributed by atoms with Crippen molar-refractivity contribution in [3.8, 4) is 0 Å². The second-order valence-electron chi connectivity index (χ2n) is 5.04. The molecule has 0 aromatic carbocycles. The van der Waals surface area contributed by atoms with Gasteiger partial charge < -0.3 is 15.3 Å². The molecule has 0 saturated heterocycles. The average Bonchev–Trinajstić information content (AvgIpc) is 2.48. The number of aliphatic hydroxyl groups is 1. The molecule has 0 amide bonds. The van der Waals surface area contributed by atoms with Gasteiger partial charge in [-0.05, 0) is 31.9 Å². The number of allylic oxidation sites excluding steroid dienone is 5. The first-order valence-electron chi connectivity index (χ1n) is 7.61. The highest BCUT2D eigenvalue weighted by atomic mass is 32.2. The van der Waals surface area contributed by atoms with Crippen LogP contribution in [0.3, 0.4) is 0 Å². The van der Waals surface area contributed by atoms with E-state index >= 15 is 0 Å². The number of aliphatic hydroxyl groups excluding tert-OH is 1. The van der Waals surface area contributed by atoms with Crippen LogP contribution in [0.5, 0.6) is 0 Å². The summed E-state index contributed by atoms with van der Waals surface area (Å²) < 4.78 is 0. The lowest BCUT2D eigenvalue weighted by atomic mass is 10.1. The zero-order valence-corrected chi connectivity index (χ0v) is 14.2. The van der Waals surface area contributed by atoms with Gasteiger partial charge in [-0.25, -0.2) is 0 Å². The number of carboxylic acid groups (broad SMARTS) is 2. The molecule has 23 heavy (non-hydrogen) atoms. The van der Waals surface area contributed by atoms with Crippen molar-refractivity contribution in [3.05, 3.63) is 36.5 Å². The molecule has 2 atom stereocenters. The second kappa shape index (κ2) is 14.1. The lowest BCUT2D eigenvalue weighted by molar-refractivity contribution is -0.138. The third-order valence-corrected chi connectivity index (χ3v) is 4.09. The fourth-order valence-electron chi connectivity index (χ4n) is 1.84. The minimum atomic E-state index is -0.841. The molecule has 0 bridgehead atoms. The van der Waals surface area contributed by atoms with Gasteiger partial charge in [0.2, 0.25) is 0 Å². The Morgan fingerprint density at radius 3 is 2.22 bits per heavy atom. The monoisotopic (exact) mass is 342 g/mol. The Hall–Kier alpha value is -1.53. The molecule has 0 aliphatic heterocycles. The van der Waals surface area contributed by atoms with Crippen LogP contribution in [0.4, 0.5) is 0 Å². The third-order valence-electron chi connectivity index (χ3n) is 3.07. The predicted octanol–water partition coefficient (Wildman–Crippen LogP) is 3.26. The van der Waals surface area contributed by atoms with Crippen LogP contribution in [-0.4, -0.2) is 44.9 Å². The molecule has 0 fully saturated rings. The number of thioether (sulfide) groups is 1. The molecule has 0 spiro atoms. The zero-order chi connectivity index (χ0) is 17.5. The van der Waals surface area contributed by atoms with E-state index in [1.54, 1.807) is 0 Å². The summed E-state index contributed by atoms with van der Waals surface area (Å²) in [6, 6.07) is 0.